The molecule has 110 valence electrons. The third-order valence-corrected chi connectivity index (χ3v) is 3.88. The Morgan fingerprint density at radius 1 is 1.14 bits per heavy atom. The van der Waals surface area contributed by atoms with Crippen LogP contribution >= 0.6 is 11.8 Å². The monoisotopic (exact) mass is 307 g/mol. The minimum Gasteiger partial charge on any atom is -0.345 e. The van der Waals surface area contributed by atoms with Crippen LogP contribution in [0.15, 0.2) is 47.4 Å². The number of carbonyl (C=O) groups is 1. The molecule has 1 atom stereocenters. The van der Waals surface area contributed by atoms with Crippen LogP contribution in [-0.4, -0.2) is 12.2 Å². The van der Waals surface area contributed by atoms with Gasteiger partial charge in [0.15, 0.2) is 0 Å². The number of thioether (sulfide) groups is 1. The third-order valence-electron chi connectivity index (χ3n) is 3.14. The topological polar surface area (TPSA) is 29.1 Å². The van der Waals surface area contributed by atoms with Gasteiger partial charge in [0.25, 0.3) is 5.91 Å². The molecule has 21 heavy (non-hydrogen) atoms. The Morgan fingerprint density at radius 2 is 1.81 bits per heavy atom. The Morgan fingerprint density at radius 3 is 2.43 bits per heavy atom. The second kappa shape index (κ2) is 6.72. The van der Waals surface area contributed by atoms with Crippen LogP contribution in [0.3, 0.4) is 0 Å². The first-order chi connectivity index (χ1) is 10.0. The van der Waals surface area contributed by atoms with E-state index >= 15 is 0 Å². The van der Waals surface area contributed by atoms with Crippen molar-refractivity contribution in [2.24, 2.45) is 0 Å². The zero-order chi connectivity index (χ0) is 15.4. The molecule has 0 spiro atoms. The lowest BCUT2D eigenvalue weighted by Crippen LogP contribution is -2.27. The molecule has 1 N–H and O–H groups in total. The number of amides is 1. The molecule has 5 heteroatoms. The summed E-state index contributed by atoms with van der Waals surface area (Å²) < 4.78 is 26.6. The summed E-state index contributed by atoms with van der Waals surface area (Å²) in [5, 5.41) is 2.67. The van der Waals surface area contributed by atoms with Crippen molar-refractivity contribution in [3.63, 3.8) is 0 Å². The maximum atomic E-state index is 13.5. The summed E-state index contributed by atoms with van der Waals surface area (Å²) >= 11 is 1.62. The van der Waals surface area contributed by atoms with Gasteiger partial charge in [-0.25, -0.2) is 8.78 Å². The molecule has 0 bridgehead atoms. The number of halogens is 2. The van der Waals surface area contributed by atoms with Crippen molar-refractivity contribution in [2.75, 3.05) is 6.26 Å². The Bertz CT molecular complexity index is 643. The van der Waals surface area contributed by atoms with Crippen molar-refractivity contribution in [1.82, 2.24) is 5.32 Å². The Balaban J connectivity index is 2.12. The van der Waals surface area contributed by atoms with E-state index in [1.165, 1.54) is 0 Å². The summed E-state index contributed by atoms with van der Waals surface area (Å²) in [4.78, 5) is 13.1. The summed E-state index contributed by atoms with van der Waals surface area (Å²) in [6.07, 6.45) is 1.98. The van der Waals surface area contributed by atoms with Gasteiger partial charge in [0.05, 0.1) is 11.6 Å². The smallest absolute Gasteiger partial charge is 0.254 e. The summed E-state index contributed by atoms with van der Waals surface area (Å²) in [5.41, 5.74) is 0.612. The predicted octanol–water partition coefficient (Wildman–Crippen LogP) is 4.18. The van der Waals surface area contributed by atoms with Crippen molar-refractivity contribution in [1.29, 1.82) is 0 Å². The standard InChI is InChI=1S/C16H15F2NOS/c1-10(11-3-6-13(21-2)7-4-11)19-16(20)14-9-12(17)5-8-15(14)18/h3-10H,1-2H3,(H,19,20)/t10-/m0/s1. The highest BCUT2D eigenvalue weighted by Crippen LogP contribution is 2.19. The fourth-order valence-corrected chi connectivity index (χ4v) is 2.33. The van der Waals surface area contributed by atoms with Crippen molar-refractivity contribution >= 4 is 17.7 Å². The van der Waals surface area contributed by atoms with Gasteiger partial charge in [0.2, 0.25) is 0 Å². The highest BCUT2D eigenvalue weighted by molar-refractivity contribution is 7.98. The first kappa shape index (κ1) is 15.5. The van der Waals surface area contributed by atoms with Crippen LogP contribution < -0.4 is 5.32 Å². The Labute approximate surface area is 126 Å². The van der Waals surface area contributed by atoms with Crippen molar-refractivity contribution < 1.29 is 13.6 Å². The minimum absolute atomic E-state index is 0.289. The van der Waals surface area contributed by atoms with E-state index in [9.17, 15) is 13.6 Å². The van der Waals surface area contributed by atoms with Gasteiger partial charge in [0.1, 0.15) is 11.6 Å². The molecule has 2 aromatic carbocycles. The van der Waals surface area contributed by atoms with E-state index < -0.39 is 17.5 Å². The molecule has 2 aromatic rings. The first-order valence-electron chi connectivity index (χ1n) is 6.41. The Hall–Kier alpha value is -1.88. The van der Waals surface area contributed by atoms with Crippen LogP contribution in [0.1, 0.15) is 28.9 Å². The molecule has 2 nitrogen and oxygen atoms in total. The molecule has 1 amide bonds. The summed E-state index contributed by atoms with van der Waals surface area (Å²) in [7, 11) is 0. The van der Waals surface area contributed by atoms with E-state index in [4.69, 9.17) is 0 Å². The number of hydrogen-bond acceptors (Lipinski definition) is 2. The fraction of sp³-hybridized carbons (Fsp3) is 0.188. The summed E-state index contributed by atoms with van der Waals surface area (Å²) in [6.45, 7) is 1.79. The van der Waals surface area contributed by atoms with Gasteiger partial charge in [-0.05, 0) is 49.1 Å². The zero-order valence-corrected chi connectivity index (χ0v) is 12.5. The first-order valence-corrected chi connectivity index (χ1v) is 7.63. The molecule has 0 saturated carbocycles. The molecule has 0 fully saturated rings. The van der Waals surface area contributed by atoms with E-state index in [1.807, 2.05) is 30.5 Å². The van der Waals surface area contributed by atoms with Crippen molar-refractivity contribution in [3.05, 3.63) is 65.2 Å². The van der Waals surface area contributed by atoms with Gasteiger partial charge in [0, 0.05) is 4.90 Å². The van der Waals surface area contributed by atoms with Crippen LogP contribution in [0.2, 0.25) is 0 Å². The number of hydrogen-bond donors (Lipinski definition) is 1. The molecule has 0 aromatic heterocycles. The second-order valence-corrected chi connectivity index (χ2v) is 5.47. The lowest BCUT2D eigenvalue weighted by Gasteiger charge is -2.15. The predicted molar refractivity (Wildman–Crippen MR) is 80.5 cm³/mol. The number of benzene rings is 2. The quantitative estimate of drug-likeness (QED) is 0.859. The summed E-state index contributed by atoms with van der Waals surface area (Å²) in [5.74, 6) is -2.01. The van der Waals surface area contributed by atoms with Crippen molar-refractivity contribution in [3.8, 4) is 0 Å². The maximum absolute atomic E-state index is 13.5. The van der Waals surface area contributed by atoms with Crippen LogP contribution in [-0.2, 0) is 0 Å². The van der Waals surface area contributed by atoms with Gasteiger partial charge >= 0.3 is 0 Å². The largest absolute Gasteiger partial charge is 0.345 e. The maximum Gasteiger partial charge on any atom is 0.254 e. The molecular weight excluding hydrogens is 292 g/mol. The summed E-state index contributed by atoms with van der Waals surface area (Å²) in [6, 6.07) is 10.2. The van der Waals surface area contributed by atoms with E-state index in [-0.39, 0.29) is 11.6 Å². The lowest BCUT2D eigenvalue weighted by atomic mass is 10.1. The molecular formula is C16H15F2NOS. The van der Waals surface area contributed by atoms with Gasteiger partial charge in [-0.3, -0.25) is 4.79 Å². The molecule has 0 aliphatic carbocycles. The van der Waals surface area contributed by atoms with E-state index in [1.54, 1.807) is 18.7 Å². The van der Waals surface area contributed by atoms with E-state index in [0.29, 0.717) is 0 Å². The Kier molecular flexibility index (Phi) is 4.96. The average Bonchev–Trinajstić information content (AvgIpc) is 2.49. The SMILES string of the molecule is CSc1ccc([C@H](C)NC(=O)c2cc(F)ccc2F)cc1. The van der Waals surface area contributed by atoms with Crippen molar-refractivity contribution in [2.45, 2.75) is 17.9 Å². The van der Waals surface area contributed by atoms with Crippen LogP contribution in [0.5, 0.6) is 0 Å². The molecule has 0 heterocycles. The number of rotatable bonds is 4. The van der Waals surface area contributed by atoms with Gasteiger partial charge in [-0.15, -0.1) is 11.8 Å². The molecule has 0 saturated heterocycles. The van der Waals surface area contributed by atoms with Gasteiger partial charge in [-0.1, -0.05) is 12.1 Å². The molecule has 0 unspecified atom stereocenters. The molecule has 0 aliphatic heterocycles. The zero-order valence-electron chi connectivity index (χ0n) is 11.7. The fourth-order valence-electron chi connectivity index (χ4n) is 1.92. The number of nitrogens with one attached hydrogen (secondary N) is 1. The third kappa shape index (κ3) is 3.82. The van der Waals surface area contributed by atoms with Crippen LogP contribution in [0.4, 0.5) is 8.78 Å². The minimum atomic E-state index is -0.737. The molecule has 2 rings (SSSR count). The highest BCUT2D eigenvalue weighted by atomic mass is 32.2. The highest BCUT2D eigenvalue weighted by Gasteiger charge is 2.16. The van der Waals surface area contributed by atoms with Gasteiger partial charge in [-0.2, -0.15) is 0 Å². The molecule has 0 aliphatic rings. The number of carbonyl (C=O) groups excluding carboxylic acids is 1. The molecule has 0 radical (unpaired) electrons. The van der Waals surface area contributed by atoms with Gasteiger partial charge < -0.3 is 5.32 Å². The normalized spacial score (nSPS) is 12.0. The lowest BCUT2D eigenvalue weighted by molar-refractivity contribution is 0.0935. The second-order valence-electron chi connectivity index (χ2n) is 4.59. The van der Waals surface area contributed by atoms with E-state index in [0.717, 1.165) is 28.7 Å². The van der Waals surface area contributed by atoms with Crippen LogP contribution in [0.25, 0.3) is 0 Å². The van der Waals surface area contributed by atoms with Crippen LogP contribution in [0, 0.1) is 11.6 Å². The average molecular weight is 307 g/mol. The van der Waals surface area contributed by atoms with E-state index in [2.05, 4.69) is 5.32 Å².